The van der Waals surface area contributed by atoms with Crippen LogP contribution in [0.4, 0.5) is 0 Å². The Morgan fingerprint density at radius 2 is 1.88 bits per heavy atom. The Kier molecular flexibility index (Phi) is 4.77. The lowest BCUT2D eigenvalue weighted by molar-refractivity contribution is -0.162. The summed E-state index contributed by atoms with van der Waals surface area (Å²) in [5.74, 6) is 3.00. The third-order valence-electron chi connectivity index (χ3n) is 8.97. The number of fused-ring (bicyclic) bond motifs is 5. The van der Waals surface area contributed by atoms with Crippen molar-refractivity contribution in [3.63, 3.8) is 0 Å². The zero-order valence-electron chi connectivity index (χ0n) is 16.6. The van der Waals surface area contributed by atoms with Gasteiger partial charge in [-0.05, 0) is 93.3 Å². The smallest absolute Gasteiger partial charge is 0.133 e. The molecule has 4 saturated carbocycles. The van der Waals surface area contributed by atoms with Crippen LogP contribution in [-0.4, -0.2) is 41.4 Å². The molecule has 4 rings (SSSR count). The molecule has 0 aromatic heterocycles. The number of ether oxygens (including phenoxy) is 1. The molecule has 9 atom stereocenters. The minimum absolute atomic E-state index is 0.00922. The first-order valence-corrected chi connectivity index (χ1v) is 10.7. The second-order valence-corrected chi connectivity index (χ2v) is 10.3. The van der Waals surface area contributed by atoms with E-state index in [2.05, 4.69) is 6.92 Å². The predicted molar refractivity (Wildman–Crippen MR) is 99.5 cm³/mol. The number of methoxy groups -OCH3 is 1. The van der Waals surface area contributed by atoms with Gasteiger partial charge in [0.25, 0.3) is 0 Å². The summed E-state index contributed by atoms with van der Waals surface area (Å²) in [6, 6.07) is 0. The van der Waals surface area contributed by atoms with E-state index in [1.54, 1.807) is 14.0 Å². The Labute approximate surface area is 157 Å². The Morgan fingerprint density at radius 1 is 1.12 bits per heavy atom. The minimum Gasteiger partial charge on any atom is -0.393 e. The van der Waals surface area contributed by atoms with Crippen molar-refractivity contribution in [2.75, 3.05) is 13.7 Å². The van der Waals surface area contributed by atoms with Crippen LogP contribution in [0.2, 0.25) is 0 Å². The van der Waals surface area contributed by atoms with Crippen LogP contribution < -0.4 is 0 Å². The Morgan fingerprint density at radius 3 is 2.58 bits per heavy atom. The molecule has 4 fully saturated rings. The fourth-order valence-corrected chi connectivity index (χ4v) is 8.11. The van der Waals surface area contributed by atoms with Gasteiger partial charge in [-0.15, -0.1) is 0 Å². The van der Waals surface area contributed by atoms with E-state index in [0.717, 1.165) is 51.4 Å². The van der Waals surface area contributed by atoms with Crippen molar-refractivity contribution in [1.82, 2.24) is 0 Å². The number of carbonyl (C=O) groups is 1. The molecular formula is C22H36O4. The van der Waals surface area contributed by atoms with Crippen LogP contribution in [0.5, 0.6) is 0 Å². The molecule has 0 aromatic carbocycles. The number of carbonyl (C=O) groups excluding carboxylic acids is 1. The molecule has 0 amide bonds. The number of hydrogen-bond acceptors (Lipinski definition) is 4. The van der Waals surface area contributed by atoms with Crippen LogP contribution in [0.25, 0.3) is 0 Å². The molecule has 4 heteroatoms. The fraction of sp³-hybridized carbons (Fsp3) is 0.955. The van der Waals surface area contributed by atoms with Crippen molar-refractivity contribution in [2.24, 2.45) is 40.9 Å². The van der Waals surface area contributed by atoms with Crippen molar-refractivity contribution < 1.29 is 19.7 Å². The summed E-state index contributed by atoms with van der Waals surface area (Å²) in [5, 5.41) is 22.0. The van der Waals surface area contributed by atoms with Crippen molar-refractivity contribution >= 4 is 5.78 Å². The molecule has 4 nitrogen and oxygen atoms in total. The molecule has 0 aromatic rings. The summed E-state index contributed by atoms with van der Waals surface area (Å²) in [6.45, 7) is 4.44. The normalized spacial score (nSPS) is 53.5. The second-order valence-electron chi connectivity index (χ2n) is 10.3. The van der Waals surface area contributed by atoms with Crippen LogP contribution >= 0.6 is 0 Å². The molecule has 0 unspecified atom stereocenters. The summed E-state index contributed by atoms with van der Waals surface area (Å²) in [4.78, 5) is 12.2. The molecule has 0 bridgehead atoms. The van der Waals surface area contributed by atoms with Gasteiger partial charge in [-0.2, -0.15) is 0 Å². The zero-order valence-corrected chi connectivity index (χ0v) is 16.6. The molecule has 0 aliphatic heterocycles. The summed E-state index contributed by atoms with van der Waals surface area (Å²) >= 11 is 0. The average Bonchev–Trinajstić information content (AvgIpc) is 2.91. The second kappa shape index (κ2) is 6.56. The largest absolute Gasteiger partial charge is 0.393 e. The maximum atomic E-state index is 12.2. The maximum Gasteiger partial charge on any atom is 0.133 e. The molecule has 148 valence electrons. The highest BCUT2D eigenvalue weighted by Crippen LogP contribution is 2.64. The quantitative estimate of drug-likeness (QED) is 0.807. The molecule has 26 heavy (non-hydrogen) atoms. The first-order valence-electron chi connectivity index (χ1n) is 10.7. The van der Waals surface area contributed by atoms with Gasteiger partial charge in [0.15, 0.2) is 0 Å². The molecule has 0 heterocycles. The lowest BCUT2D eigenvalue weighted by atomic mass is 9.48. The maximum absolute atomic E-state index is 12.2. The van der Waals surface area contributed by atoms with Crippen LogP contribution in [0.3, 0.4) is 0 Å². The van der Waals surface area contributed by atoms with Crippen LogP contribution in [0.15, 0.2) is 0 Å². The summed E-state index contributed by atoms with van der Waals surface area (Å²) < 4.78 is 5.26. The number of rotatable bonds is 3. The van der Waals surface area contributed by atoms with Gasteiger partial charge in [0.1, 0.15) is 5.78 Å². The Bertz CT molecular complexity index is 562. The number of aliphatic hydroxyl groups excluding tert-OH is 1. The zero-order chi connectivity index (χ0) is 18.7. The molecule has 4 aliphatic carbocycles. The van der Waals surface area contributed by atoms with Crippen molar-refractivity contribution in [2.45, 2.75) is 76.9 Å². The van der Waals surface area contributed by atoms with Gasteiger partial charge < -0.3 is 14.9 Å². The number of ketones is 1. The fourth-order valence-electron chi connectivity index (χ4n) is 8.11. The molecule has 4 aliphatic rings. The van der Waals surface area contributed by atoms with Crippen LogP contribution in [-0.2, 0) is 9.53 Å². The monoisotopic (exact) mass is 364 g/mol. The summed E-state index contributed by atoms with van der Waals surface area (Å²) in [6.07, 6.45) is 7.57. The van der Waals surface area contributed by atoms with Crippen molar-refractivity contribution in [3.05, 3.63) is 0 Å². The lowest BCUT2D eigenvalue weighted by Gasteiger charge is -2.58. The van der Waals surface area contributed by atoms with E-state index in [1.165, 1.54) is 0 Å². The SMILES string of the molecule is COC[C@@]1(O)CC[C@H]2[C@H](CC[C@@H]3[C@@H]2[C@H](O)C[C@]2(C)[C@@H](C(C)=O)CC[C@@H]32)C1. The van der Waals surface area contributed by atoms with Gasteiger partial charge in [0.05, 0.1) is 18.3 Å². The van der Waals surface area contributed by atoms with E-state index in [9.17, 15) is 15.0 Å². The average molecular weight is 365 g/mol. The topological polar surface area (TPSA) is 66.8 Å². The third-order valence-corrected chi connectivity index (χ3v) is 8.97. The van der Waals surface area contributed by atoms with E-state index in [4.69, 9.17) is 4.74 Å². The van der Waals surface area contributed by atoms with Gasteiger partial charge in [0.2, 0.25) is 0 Å². The van der Waals surface area contributed by atoms with Gasteiger partial charge in [-0.1, -0.05) is 6.92 Å². The standard InChI is InChI=1S/C22H36O4/c1-13(23)17-6-7-18-16-5-4-14-10-22(25,12-26-3)9-8-15(14)20(16)19(24)11-21(17,18)2/h14-20,24-25H,4-12H2,1-3H3/t14-,15+,16+,17-,18+,19-,20-,21-,22-/m1/s1. The first kappa shape index (κ1) is 18.9. The molecule has 0 radical (unpaired) electrons. The molecule has 2 N–H and O–H groups in total. The number of hydrogen-bond donors (Lipinski definition) is 2. The van der Waals surface area contributed by atoms with Gasteiger partial charge in [-0.25, -0.2) is 0 Å². The predicted octanol–water partition coefficient (Wildman–Crippen LogP) is 3.19. The molecule has 0 saturated heterocycles. The highest BCUT2D eigenvalue weighted by Gasteiger charge is 2.61. The number of aliphatic hydroxyl groups is 2. The highest BCUT2D eigenvalue weighted by atomic mass is 16.5. The molecule has 0 spiro atoms. The van der Waals surface area contributed by atoms with E-state index in [1.807, 2.05) is 0 Å². The Balaban J connectivity index is 1.56. The Hall–Kier alpha value is -0.450. The van der Waals surface area contributed by atoms with E-state index < -0.39 is 5.60 Å². The van der Waals surface area contributed by atoms with E-state index >= 15 is 0 Å². The minimum atomic E-state index is -0.677. The van der Waals surface area contributed by atoms with Gasteiger partial charge in [0, 0.05) is 13.0 Å². The van der Waals surface area contributed by atoms with E-state index in [-0.39, 0.29) is 17.4 Å². The summed E-state index contributed by atoms with van der Waals surface area (Å²) in [7, 11) is 1.66. The first-order chi connectivity index (χ1) is 12.3. The molecular weight excluding hydrogens is 328 g/mol. The van der Waals surface area contributed by atoms with Gasteiger partial charge >= 0.3 is 0 Å². The van der Waals surface area contributed by atoms with Gasteiger partial charge in [-0.3, -0.25) is 4.79 Å². The number of Topliss-reactive ketones (excluding diaryl/α,β-unsaturated/α-hetero) is 1. The van der Waals surface area contributed by atoms with Crippen LogP contribution in [0, 0.1) is 40.9 Å². The highest BCUT2D eigenvalue weighted by molar-refractivity contribution is 5.79. The van der Waals surface area contributed by atoms with Crippen LogP contribution in [0.1, 0.15) is 65.2 Å². The summed E-state index contributed by atoms with van der Waals surface area (Å²) in [5.41, 5.74) is -0.686. The van der Waals surface area contributed by atoms with E-state index in [0.29, 0.717) is 42.0 Å². The lowest BCUT2D eigenvalue weighted by Crippen LogP contribution is -2.56. The van der Waals surface area contributed by atoms with Crippen molar-refractivity contribution in [3.8, 4) is 0 Å². The third kappa shape index (κ3) is 2.79. The van der Waals surface area contributed by atoms with Crippen molar-refractivity contribution in [1.29, 1.82) is 0 Å².